The van der Waals surface area contributed by atoms with Gasteiger partial charge in [0.05, 0.1) is 26.7 Å². The molecule has 0 N–H and O–H groups in total. The molecular weight excluding hydrogens is 469 g/mol. The molecule has 0 unspecified atom stereocenters. The Balaban J connectivity index is 0. The second-order valence-corrected chi connectivity index (χ2v) is 12.0. The third-order valence-electron chi connectivity index (χ3n) is 7.93. The molecule has 0 radical (unpaired) electrons. The van der Waals surface area contributed by atoms with Crippen molar-refractivity contribution in [3.63, 3.8) is 0 Å². The molecule has 214 valence electrons. The molecule has 0 saturated heterocycles. The van der Waals surface area contributed by atoms with Crippen molar-refractivity contribution >= 4 is 11.6 Å². The molecule has 1 nitrogen and oxygen atoms in total. The zero-order chi connectivity index (χ0) is 25.0. The largest absolute Gasteiger partial charge is 1.00 e. The lowest BCUT2D eigenvalue weighted by Crippen LogP contribution is -3.00. The number of hydrogen-bond acceptors (Lipinski definition) is 0. The van der Waals surface area contributed by atoms with Crippen LogP contribution in [-0.4, -0.2) is 37.0 Å². The fraction of sp³-hybridized carbons (Fsp3) is 1.00. The first-order valence-electron chi connectivity index (χ1n) is 16.1. The molecule has 0 amide bonds. The van der Waals surface area contributed by atoms with Gasteiger partial charge in [-0.3, -0.25) is 0 Å². The van der Waals surface area contributed by atoms with Crippen molar-refractivity contribution < 1.29 is 16.9 Å². The lowest BCUT2D eigenvalue weighted by Gasteiger charge is -2.35. The topological polar surface area (TPSA) is 0 Å². The molecule has 0 bridgehead atoms. The molecule has 0 rings (SSSR count). The van der Waals surface area contributed by atoms with Gasteiger partial charge >= 0.3 is 0 Å². The Bertz CT molecular complexity index is 347. The summed E-state index contributed by atoms with van der Waals surface area (Å²) in [6.07, 6.45) is 35.8. The van der Waals surface area contributed by atoms with Crippen LogP contribution in [0, 0.1) is 0 Å². The first-order chi connectivity index (χ1) is 16.7. The van der Waals surface area contributed by atoms with Crippen LogP contribution in [0.5, 0.6) is 0 Å². The van der Waals surface area contributed by atoms with Gasteiger partial charge in [0.2, 0.25) is 0 Å². The monoisotopic (exact) mass is 535 g/mol. The van der Waals surface area contributed by atoms with Gasteiger partial charge in [0.15, 0.2) is 0 Å². The van der Waals surface area contributed by atoms with Crippen molar-refractivity contribution in [2.75, 3.05) is 32.6 Å². The van der Waals surface area contributed by atoms with Crippen LogP contribution in [0.25, 0.3) is 0 Å². The smallest absolute Gasteiger partial charge is 0.0796 e. The van der Waals surface area contributed by atoms with Gasteiger partial charge in [-0.15, -0.1) is 11.6 Å². The summed E-state index contributed by atoms with van der Waals surface area (Å²) >= 11 is 6.06. The highest BCUT2D eigenvalue weighted by molar-refractivity contribution is 6.17. The van der Waals surface area contributed by atoms with E-state index < -0.39 is 0 Å². The molecule has 0 aromatic carbocycles. The van der Waals surface area contributed by atoms with Crippen molar-refractivity contribution in [1.29, 1.82) is 0 Å². The molecular formula is C32H67Cl2N. The Morgan fingerprint density at radius 2 is 0.600 bits per heavy atom. The maximum Gasteiger partial charge on any atom is 0.0796 e. The molecule has 3 heteroatoms. The van der Waals surface area contributed by atoms with Crippen LogP contribution in [0.1, 0.15) is 174 Å². The predicted molar refractivity (Wildman–Crippen MR) is 158 cm³/mol. The molecule has 0 aliphatic carbocycles. The minimum absolute atomic E-state index is 0. The van der Waals surface area contributed by atoms with Crippen LogP contribution in [0.2, 0.25) is 0 Å². The third kappa shape index (κ3) is 29.0. The number of rotatable bonds is 29. The highest BCUT2D eigenvalue weighted by atomic mass is 35.5. The fourth-order valence-corrected chi connectivity index (χ4v) is 5.57. The predicted octanol–water partition coefficient (Wildman–Crippen LogP) is 8.47. The molecule has 0 atom stereocenters. The Morgan fingerprint density at radius 3 is 0.857 bits per heavy atom. The fourth-order valence-electron chi connectivity index (χ4n) is 5.45. The zero-order valence-corrected chi connectivity index (χ0v) is 26.2. The first-order valence-corrected chi connectivity index (χ1v) is 16.6. The van der Waals surface area contributed by atoms with E-state index in [1.54, 1.807) is 0 Å². The number of nitrogens with zero attached hydrogens (tertiary/aromatic N) is 1. The Kier molecular flexibility index (Phi) is 33.1. The van der Waals surface area contributed by atoms with E-state index in [1.165, 1.54) is 185 Å². The maximum atomic E-state index is 6.06. The quantitative estimate of drug-likeness (QED) is 0.0511. The summed E-state index contributed by atoms with van der Waals surface area (Å²) in [4.78, 5) is 0. The molecule has 0 aromatic heterocycles. The summed E-state index contributed by atoms with van der Waals surface area (Å²) in [6, 6.07) is 0. The van der Waals surface area contributed by atoms with E-state index in [-0.39, 0.29) is 12.4 Å². The van der Waals surface area contributed by atoms with Gasteiger partial charge < -0.3 is 16.9 Å². The van der Waals surface area contributed by atoms with Crippen molar-refractivity contribution in [3.05, 3.63) is 0 Å². The van der Waals surface area contributed by atoms with E-state index in [2.05, 4.69) is 20.9 Å². The van der Waals surface area contributed by atoms with Gasteiger partial charge in [0, 0.05) is 12.3 Å². The lowest BCUT2D eigenvalue weighted by molar-refractivity contribution is -0.910. The Hall–Kier alpha value is 0.540. The lowest BCUT2D eigenvalue weighted by atomic mass is 10.0. The molecule has 0 aliphatic rings. The van der Waals surface area contributed by atoms with Gasteiger partial charge in [-0.2, -0.15) is 0 Å². The molecule has 0 saturated carbocycles. The molecule has 0 fully saturated rings. The summed E-state index contributed by atoms with van der Waals surface area (Å²) in [5.74, 6) is 0.824. The summed E-state index contributed by atoms with van der Waals surface area (Å²) in [6.45, 7) is 8.62. The normalized spacial score (nSPS) is 11.7. The number of unbranched alkanes of at least 4 members (excludes halogenated alkanes) is 22. The van der Waals surface area contributed by atoms with Crippen molar-refractivity contribution in [3.8, 4) is 0 Å². The average Bonchev–Trinajstić information content (AvgIpc) is 2.84. The second-order valence-electron chi connectivity index (χ2n) is 11.6. The summed E-state index contributed by atoms with van der Waals surface area (Å²) in [5, 5.41) is 0. The summed E-state index contributed by atoms with van der Waals surface area (Å²) in [7, 11) is 2.50. The highest BCUT2D eigenvalue weighted by Gasteiger charge is 2.19. The van der Waals surface area contributed by atoms with E-state index in [9.17, 15) is 0 Å². The van der Waals surface area contributed by atoms with Crippen molar-refractivity contribution in [2.24, 2.45) is 0 Å². The SMILES string of the molecule is CCCCCCCCCCCCCC[N+](C)(CCCCl)CCCCCCCCCCCCCC.[Cl-]. The standard InChI is InChI=1S/C32H67ClN.ClH/c1-4-6-8-10-12-14-16-18-20-22-24-26-30-34(3,32-28-29-33)31-27-25-23-21-19-17-15-13-11-9-7-5-2;/h4-32H2,1-3H3;1H/q+1;/p-1. The molecule has 0 spiro atoms. The molecule has 0 heterocycles. The van der Waals surface area contributed by atoms with Crippen LogP contribution in [0.3, 0.4) is 0 Å². The van der Waals surface area contributed by atoms with E-state index in [0.717, 1.165) is 5.88 Å². The van der Waals surface area contributed by atoms with E-state index in [1.807, 2.05) is 0 Å². The van der Waals surface area contributed by atoms with Gasteiger partial charge in [-0.1, -0.05) is 142 Å². The maximum absolute atomic E-state index is 6.06. The minimum atomic E-state index is 0. The summed E-state index contributed by atoms with van der Waals surface area (Å²) in [5.41, 5.74) is 0. The highest BCUT2D eigenvalue weighted by Crippen LogP contribution is 2.16. The van der Waals surface area contributed by atoms with Crippen LogP contribution >= 0.6 is 11.6 Å². The van der Waals surface area contributed by atoms with Crippen LogP contribution in [0.15, 0.2) is 0 Å². The third-order valence-corrected chi connectivity index (χ3v) is 8.20. The molecule has 35 heavy (non-hydrogen) atoms. The number of quaternary nitrogens is 1. The number of hydrogen-bond donors (Lipinski definition) is 0. The van der Waals surface area contributed by atoms with Crippen molar-refractivity contribution in [1.82, 2.24) is 0 Å². The van der Waals surface area contributed by atoms with Crippen LogP contribution in [0.4, 0.5) is 0 Å². The zero-order valence-electron chi connectivity index (χ0n) is 24.7. The molecule has 0 aromatic rings. The first kappa shape index (κ1) is 37.7. The van der Waals surface area contributed by atoms with E-state index in [4.69, 9.17) is 11.6 Å². The van der Waals surface area contributed by atoms with Crippen LogP contribution < -0.4 is 12.4 Å². The summed E-state index contributed by atoms with van der Waals surface area (Å²) < 4.78 is 1.27. The number of halogens is 2. The van der Waals surface area contributed by atoms with Gasteiger partial charge in [-0.05, 0) is 25.7 Å². The van der Waals surface area contributed by atoms with E-state index >= 15 is 0 Å². The minimum Gasteiger partial charge on any atom is -1.00 e. The second kappa shape index (κ2) is 30.8. The van der Waals surface area contributed by atoms with Crippen LogP contribution in [-0.2, 0) is 0 Å². The van der Waals surface area contributed by atoms with Crippen molar-refractivity contribution in [2.45, 2.75) is 174 Å². The van der Waals surface area contributed by atoms with Gasteiger partial charge in [-0.25, -0.2) is 0 Å². The van der Waals surface area contributed by atoms with E-state index in [0.29, 0.717) is 0 Å². The number of alkyl halides is 1. The Labute approximate surface area is 234 Å². The molecule has 0 aliphatic heterocycles. The van der Waals surface area contributed by atoms with Gasteiger partial charge in [0.1, 0.15) is 0 Å². The Morgan fingerprint density at radius 1 is 0.371 bits per heavy atom. The average molecular weight is 537 g/mol. The van der Waals surface area contributed by atoms with Gasteiger partial charge in [0.25, 0.3) is 0 Å².